The number of rotatable bonds is 1. The zero-order valence-corrected chi connectivity index (χ0v) is 7.15. The molecule has 0 aromatic carbocycles. The molecular weight excluding hydrogens is 206 g/mol. The number of hydrogen-bond acceptors (Lipinski definition) is 3. The SMILES string of the molecule is NSc1ccc(Br)s1. The van der Waals surface area contributed by atoms with E-state index in [1.165, 1.54) is 11.9 Å². The maximum absolute atomic E-state index is 5.27. The van der Waals surface area contributed by atoms with E-state index < -0.39 is 0 Å². The first-order valence-corrected chi connectivity index (χ1v) is 4.44. The fraction of sp³-hybridized carbons (Fsp3) is 0. The topological polar surface area (TPSA) is 26.0 Å². The lowest BCUT2D eigenvalue weighted by atomic mass is 10.7. The highest BCUT2D eigenvalue weighted by atomic mass is 79.9. The smallest absolute Gasteiger partial charge is 0.0761 e. The molecule has 0 unspecified atom stereocenters. The van der Waals surface area contributed by atoms with Crippen molar-refractivity contribution in [3.05, 3.63) is 15.9 Å². The standard InChI is InChI=1S/C4H4BrNS2/c5-3-1-2-4(7-3)8-6/h1-2H,6H2. The number of nitrogens with two attached hydrogens (primary N) is 1. The molecule has 1 aromatic rings. The molecule has 8 heavy (non-hydrogen) atoms. The normalized spacial score (nSPS) is 9.75. The molecule has 1 nitrogen and oxygen atoms in total. The van der Waals surface area contributed by atoms with Crippen molar-refractivity contribution in [2.75, 3.05) is 0 Å². The van der Waals surface area contributed by atoms with Crippen molar-refractivity contribution in [2.45, 2.75) is 4.21 Å². The largest absolute Gasteiger partial charge is 0.273 e. The first kappa shape index (κ1) is 6.61. The predicted molar refractivity (Wildman–Crippen MR) is 42.1 cm³/mol. The molecule has 0 aliphatic heterocycles. The Morgan fingerprint density at radius 2 is 2.38 bits per heavy atom. The van der Waals surface area contributed by atoms with Crippen LogP contribution in [0.1, 0.15) is 0 Å². The third-order valence-electron chi connectivity index (χ3n) is 0.665. The second kappa shape index (κ2) is 2.87. The summed E-state index contributed by atoms with van der Waals surface area (Å²) in [6.07, 6.45) is 0. The summed E-state index contributed by atoms with van der Waals surface area (Å²) < 4.78 is 2.27. The molecule has 0 aliphatic rings. The fourth-order valence-corrected chi connectivity index (χ4v) is 2.41. The summed E-state index contributed by atoms with van der Waals surface area (Å²) in [6, 6.07) is 3.97. The Morgan fingerprint density at radius 3 is 2.62 bits per heavy atom. The molecule has 0 saturated carbocycles. The van der Waals surface area contributed by atoms with Crippen molar-refractivity contribution in [1.29, 1.82) is 0 Å². The summed E-state index contributed by atoms with van der Waals surface area (Å²) in [7, 11) is 0. The van der Waals surface area contributed by atoms with Crippen molar-refractivity contribution in [3.63, 3.8) is 0 Å². The van der Waals surface area contributed by atoms with Gasteiger partial charge in [-0.15, -0.1) is 11.3 Å². The minimum absolute atomic E-state index is 1.13. The molecule has 0 spiro atoms. The molecule has 0 radical (unpaired) electrons. The number of thiophene rings is 1. The number of halogens is 1. The van der Waals surface area contributed by atoms with Crippen LogP contribution in [0.3, 0.4) is 0 Å². The maximum Gasteiger partial charge on any atom is 0.0761 e. The van der Waals surface area contributed by atoms with Crippen molar-refractivity contribution in [1.82, 2.24) is 0 Å². The molecule has 0 aliphatic carbocycles. The molecule has 44 valence electrons. The maximum atomic E-state index is 5.27. The summed E-state index contributed by atoms with van der Waals surface area (Å²) in [5, 5.41) is 5.27. The van der Waals surface area contributed by atoms with E-state index in [2.05, 4.69) is 15.9 Å². The minimum atomic E-state index is 1.13. The summed E-state index contributed by atoms with van der Waals surface area (Å²) in [5.74, 6) is 0. The van der Waals surface area contributed by atoms with Gasteiger partial charge in [-0.1, -0.05) is 0 Å². The summed E-state index contributed by atoms with van der Waals surface area (Å²) in [4.78, 5) is 0. The van der Waals surface area contributed by atoms with E-state index in [0.717, 1.165) is 8.00 Å². The van der Waals surface area contributed by atoms with Gasteiger partial charge in [-0.3, -0.25) is 5.14 Å². The van der Waals surface area contributed by atoms with Gasteiger partial charge in [0, 0.05) is 0 Å². The van der Waals surface area contributed by atoms with Crippen LogP contribution in [0.2, 0.25) is 0 Å². The Balaban J connectivity index is 2.84. The third kappa shape index (κ3) is 1.48. The van der Waals surface area contributed by atoms with Crippen LogP contribution in [0.4, 0.5) is 0 Å². The van der Waals surface area contributed by atoms with Crippen LogP contribution < -0.4 is 5.14 Å². The Kier molecular flexibility index (Phi) is 2.37. The van der Waals surface area contributed by atoms with Crippen molar-refractivity contribution in [2.24, 2.45) is 5.14 Å². The highest BCUT2D eigenvalue weighted by Gasteiger charge is 1.92. The van der Waals surface area contributed by atoms with Gasteiger partial charge < -0.3 is 0 Å². The van der Waals surface area contributed by atoms with Crippen molar-refractivity contribution < 1.29 is 0 Å². The fourth-order valence-electron chi connectivity index (χ4n) is 0.361. The summed E-state index contributed by atoms with van der Waals surface area (Å²) in [6.45, 7) is 0. The lowest BCUT2D eigenvalue weighted by molar-refractivity contribution is 1.72. The van der Waals surface area contributed by atoms with Gasteiger partial charge in [0.05, 0.1) is 8.00 Å². The highest BCUT2D eigenvalue weighted by molar-refractivity contribution is 9.11. The first-order chi connectivity index (χ1) is 3.83. The van der Waals surface area contributed by atoms with Crippen molar-refractivity contribution >= 4 is 39.2 Å². The van der Waals surface area contributed by atoms with Crippen LogP contribution in [0.15, 0.2) is 20.1 Å². The Bertz CT molecular complexity index is 174. The quantitative estimate of drug-likeness (QED) is 0.720. The van der Waals surface area contributed by atoms with Crippen LogP contribution in [0.5, 0.6) is 0 Å². The minimum Gasteiger partial charge on any atom is -0.273 e. The molecule has 2 N–H and O–H groups in total. The van der Waals surface area contributed by atoms with Gasteiger partial charge >= 0.3 is 0 Å². The molecule has 0 atom stereocenters. The summed E-state index contributed by atoms with van der Waals surface area (Å²) >= 11 is 6.24. The van der Waals surface area contributed by atoms with E-state index in [9.17, 15) is 0 Å². The molecule has 4 heteroatoms. The first-order valence-electron chi connectivity index (χ1n) is 1.95. The van der Waals surface area contributed by atoms with Gasteiger partial charge in [0.1, 0.15) is 0 Å². The van der Waals surface area contributed by atoms with Crippen LogP contribution in [-0.2, 0) is 0 Å². The molecule has 0 fully saturated rings. The average Bonchev–Trinajstić information content (AvgIpc) is 2.14. The zero-order valence-electron chi connectivity index (χ0n) is 3.93. The summed E-state index contributed by atoms with van der Waals surface area (Å²) in [5.41, 5.74) is 0. The Morgan fingerprint density at radius 1 is 1.62 bits per heavy atom. The molecule has 1 heterocycles. The molecule has 0 amide bonds. The third-order valence-corrected chi connectivity index (χ3v) is 2.99. The van der Waals surface area contributed by atoms with E-state index in [1.54, 1.807) is 11.3 Å². The van der Waals surface area contributed by atoms with Crippen LogP contribution in [-0.4, -0.2) is 0 Å². The Hall–Kier alpha value is 0.490. The van der Waals surface area contributed by atoms with Crippen LogP contribution in [0, 0.1) is 0 Å². The Labute approximate surface area is 64.5 Å². The zero-order chi connectivity index (χ0) is 5.98. The van der Waals surface area contributed by atoms with Gasteiger partial charge in [0.15, 0.2) is 0 Å². The van der Waals surface area contributed by atoms with Crippen molar-refractivity contribution in [3.8, 4) is 0 Å². The van der Waals surface area contributed by atoms with E-state index in [-0.39, 0.29) is 0 Å². The van der Waals surface area contributed by atoms with Gasteiger partial charge in [0.25, 0.3) is 0 Å². The van der Waals surface area contributed by atoms with Gasteiger partial charge in [-0.2, -0.15) is 0 Å². The van der Waals surface area contributed by atoms with Crippen LogP contribution >= 0.6 is 39.2 Å². The second-order valence-corrected chi connectivity index (χ2v) is 4.57. The lowest BCUT2D eigenvalue weighted by Crippen LogP contribution is -1.70. The number of hydrogen-bond donors (Lipinski definition) is 1. The van der Waals surface area contributed by atoms with Gasteiger partial charge in [-0.05, 0) is 40.0 Å². The van der Waals surface area contributed by atoms with E-state index >= 15 is 0 Å². The molecule has 1 aromatic heterocycles. The highest BCUT2D eigenvalue weighted by Crippen LogP contribution is 2.27. The van der Waals surface area contributed by atoms with E-state index in [4.69, 9.17) is 5.14 Å². The monoisotopic (exact) mass is 209 g/mol. The predicted octanol–water partition coefficient (Wildman–Crippen LogP) is 2.48. The van der Waals surface area contributed by atoms with Gasteiger partial charge in [-0.25, -0.2) is 0 Å². The average molecular weight is 210 g/mol. The van der Waals surface area contributed by atoms with Crippen LogP contribution in [0.25, 0.3) is 0 Å². The van der Waals surface area contributed by atoms with E-state index in [1.807, 2.05) is 12.1 Å². The molecule has 0 saturated heterocycles. The second-order valence-electron chi connectivity index (χ2n) is 1.18. The van der Waals surface area contributed by atoms with Gasteiger partial charge in [0.2, 0.25) is 0 Å². The molecule has 0 bridgehead atoms. The molecular formula is C4H4BrNS2. The lowest BCUT2D eigenvalue weighted by Gasteiger charge is -1.79. The van der Waals surface area contributed by atoms with E-state index in [0.29, 0.717) is 0 Å². The molecule has 1 rings (SSSR count).